The van der Waals surface area contributed by atoms with Gasteiger partial charge < -0.3 is 4.74 Å². The normalized spacial score (nSPS) is 32.5. The molecule has 1 atom stereocenters. The van der Waals surface area contributed by atoms with Crippen molar-refractivity contribution in [3.8, 4) is 0 Å². The van der Waals surface area contributed by atoms with Crippen LogP contribution in [0.3, 0.4) is 0 Å². The summed E-state index contributed by atoms with van der Waals surface area (Å²) in [6.45, 7) is 3.16. The fourth-order valence-electron chi connectivity index (χ4n) is 0.606. The van der Waals surface area contributed by atoms with Crippen LogP contribution in [-0.2, 0) is 4.74 Å². The average Bonchev–Trinajstić information content (AvgIpc) is 1.31. The molecule has 0 N–H and O–H groups in total. The molecule has 1 heteroatoms. The van der Waals surface area contributed by atoms with Crippen molar-refractivity contribution in [2.45, 2.75) is 25.9 Å². The monoisotopic (exact) mass is 86.1 g/mol. The van der Waals surface area contributed by atoms with E-state index in [9.17, 15) is 0 Å². The number of rotatable bonds is 1. The second kappa shape index (κ2) is 1.61. The second-order valence-corrected chi connectivity index (χ2v) is 1.69. The van der Waals surface area contributed by atoms with Gasteiger partial charge in [-0.2, -0.15) is 0 Å². The molecule has 1 fully saturated rings. The van der Waals surface area contributed by atoms with Gasteiger partial charge in [-0.15, -0.1) is 0 Å². The van der Waals surface area contributed by atoms with Crippen LogP contribution in [0, 0.1) is 0 Å². The molecule has 0 spiro atoms. The zero-order valence-electron chi connectivity index (χ0n) is 4.11. The summed E-state index contributed by atoms with van der Waals surface area (Å²) >= 11 is 0. The summed E-state index contributed by atoms with van der Waals surface area (Å²) in [6, 6.07) is 0. The minimum absolute atomic E-state index is 0.616. The Labute approximate surface area is 38.3 Å². The van der Waals surface area contributed by atoms with Gasteiger partial charge in [0.1, 0.15) is 0 Å². The maximum absolute atomic E-state index is 5.08. The molecule has 0 unspecified atom stereocenters. The van der Waals surface area contributed by atoms with E-state index >= 15 is 0 Å². The van der Waals surface area contributed by atoms with Gasteiger partial charge in [0.15, 0.2) is 0 Å². The lowest BCUT2D eigenvalue weighted by Crippen LogP contribution is -2.25. The van der Waals surface area contributed by atoms with Gasteiger partial charge in [0, 0.05) is 6.61 Å². The topological polar surface area (TPSA) is 9.23 Å². The van der Waals surface area contributed by atoms with E-state index in [1.165, 1.54) is 12.8 Å². The zero-order chi connectivity index (χ0) is 4.41. The van der Waals surface area contributed by atoms with Crippen molar-refractivity contribution in [2.24, 2.45) is 0 Å². The van der Waals surface area contributed by atoms with Crippen molar-refractivity contribution in [3.63, 3.8) is 0 Å². The van der Waals surface area contributed by atoms with E-state index in [-0.39, 0.29) is 0 Å². The number of ether oxygens (including phenoxy) is 1. The predicted octanol–water partition coefficient (Wildman–Crippen LogP) is 1.19. The van der Waals surface area contributed by atoms with E-state index in [0.29, 0.717) is 6.10 Å². The van der Waals surface area contributed by atoms with Crippen molar-refractivity contribution in [2.75, 3.05) is 6.61 Å². The fourth-order valence-corrected chi connectivity index (χ4v) is 0.606. The molecule has 0 saturated carbocycles. The van der Waals surface area contributed by atoms with Crippen LogP contribution >= 0.6 is 0 Å². The molecule has 0 radical (unpaired) electrons. The van der Waals surface area contributed by atoms with Gasteiger partial charge >= 0.3 is 0 Å². The molecule has 1 rings (SSSR count). The third-order valence-electron chi connectivity index (χ3n) is 1.25. The lowest BCUT2D eigenvalue weighted by molar-refractivity contribution is -0.0516. The Balaban J connectivity index is 2.01. The molecular formula is C5H10O. The van der Waals surface area contributed by atoms with Gasteiger partial charge in [0.25, 0.3) is 0 Å². The minimum Gasteiger partial charge on any atom is -0.378 e. The molecule has 1 heterocycles. The van der Waals surface area contributed by atoms with E-state index in [2.05, 4.69) is 6.92 Å². The first kappa shape index (κ1) is 4.13. The summed E-state index contributed by atoms with van der Waals surface area (Å²) in [4.78, 5) is 0. The molecular weight excluding hydrogens is 76.1 g/mol. The van der Waals surface area contributed by atoms with Gasteiger partial charge in [-0.3, -0.25) is 0 Å². The Morgan fingerprint density at radius 3 is 2.50 bits per heavy atom. The minimum atomic E-state index is 0.616. The molecule has 0 aromatic rings. The van der Waals surface area contributed by atoms with E-state index in [4.69, 9.17) is 4.74 Å². The fraction of sp³-hybridized carbons (Fsp3) is 1.00. The summed E-state index contributed by atoms with van der Waals surface area (Å²) < 4.78 is 5.08. The van der Waals surface area contributed by atoms with Gasteiger partial charge in [0.2, 0.25) is 0 Å². The quantitative estimate of drug-likeness (QED) is 0.465. The maximum Gasteiger partial charge on any atom is 0.0594 e. The van der Waals surface area contributed by atoms with Crippen molar-refractivity contribution in [1.82, 2.24) is 0 Å². The van der Waals surface area contributed by atoms with Crippen molar-refractivity contribution in [1.29, 1.82) is 0 Å². The van der Waals surface area contributed by atoms with Crippen LogP contribution in [0.25, 0.3) is 0 Å². The highest BCUT2D eigenvalue weighted by molar-refractivity contribution is 4.62. The van der Waals surface area contributed by atoms with Gasteiger partial charge in [-0.05, 0) is 12.8 Å². The second-order valence-electron chi connectivity index (χ2n) is 1.69. The van der Waals surface area contributed by atoms with Crippen molar-refractivity contribution < 1.29 is 4.74 Å². The molecule has 0 aromatic carbocycles. The molecule has 1 aliphatic rings. The standard InChI is InChI=1S/C5H10O/c1-2-5-3-4-6-5/h5H,2-4H2,1H3/t5-/m0/s1. The van der Waals surface area contributed by atoms with Crippen LogP contribution in [0.5, 0.6) is 0 Å². The maximum atomic E-state index is 5.08. The highest BCUT2D eigenvalue weighted by atomic mass is 16.5. The Hall–Kier alpha value is -0.0400. The molecule has 36 valence electrons. The van der Waals surface area contributed by atoms with E-state index in [1.807, 2.05) is 0 Å². The van der Waals surface area contributed by atoms with Crippen LogP contribution in [0.2, 0.25) is 0 Å². The molecule has 0 amide bonds. The highest BCUT2D eigenvalue weighted by Gasteiger charge is 2.13. The lowest BCUT2D eigenvalue weighted by atomic mass is 10.1. The molecule has 1 nitrogen and oxygen atoms in total. The average molecular weight is 86.1 g/mol. The van der Waals surface area contributed by atoms with Gasteiger partial charge in [-0.25, -0.2) is 0 Å². The van der Waals surface area contributed by atoms with E-state index < -0.39 is 0 Å². The predicted molar refractivity (Wildman–Crippen MR) is 24.6 cm³/mol. The van der Waals surface area contributed by atoms with Crippen LogP contribution in [0.15, 0.2) is 0 Å². The van der Waals surface area contributed by atoms with Crippen LogP contribution in [-0.4, -0.2) is 12.7 Å². The number of hydrogen-bond donors (Lipinski definition) is 0. The number of hydrogen-bond acceptors (Lipinski definition) is 1. The van der Waals surface area contributed by atoms with E-state index in [0.717, 1.165) is 6.61 Å². The van der Waals surface area contributed by atoms with Gasteiger partial charge in [-0.1, -0.05) is 6.92 Å². The van der Waals surface area contributed by atoms with Crippen LogP contribution in [0.1, 0.15) is 19.8 Å². The summed E-state index contributed by atoms with van der Waals surface area (Å²) in [6.07, 6.45) is 3.10. The van der Waals surface area contributed by atoms with Crippen molar-refractivity contribution in [3.05, 3.63) is 0 Å². The molecule has 0 aliphatic carbocycles. The van der Waals surface area contributed by atoms with Gasteiger partial charge in [0.05, 0.1) is 6.10 Å². The smallest absolute Gasteiger partial charge is 0.0594 e. The molecule has 1 saturated heterocycles. The Morgan fingerprint density at radius 2 is 2.50 bits per heavy atom. The summed E-state index contributed by atoms with van der Waals surface area (Å²) in [5.74, 6) is 0. The lowest BCUT2D eigenvalue weighted by Gasteiger charge is -2.24. The Kier molecular flexibility index (Phi) is 1.10. The van der Waals surface area contributed by atoms with Crippen LogP contribution in [0.4, 0.5) is 0 Å². The molecule has 1 aliphatic heterocycles. The SMILES string of the molecule is CC[C@H]1CCO1. The molecule has 0 bridgehead atoms. The highest BCUT2D eigenvalue weighted by Crippen LogP contribution is 2.12. The van der Waals surface area contributed by atoms with Crippen molar-refractivity contribution >= 4 is 0 Å². The Morgan fingerprint density at radius 1 is 1.83 bits per heavy atom. The molecule has 0 aromatic heterocycles. The summed E-state index contributed by atoms with van der Waals surface area (Å²) in [5.41, 5.74) is 0. The first-order valence-corrected chi connectivity index (χ1v) is 2.55. The summed E-state index contributed by atoms with van der Waals surface area (Å²) in [7, 11) is 0. The Bertz CT molecular complexity index is 36.4. The third kappa shape index (κ3) is 0.548. The first-order valence-electron chi connectivity index (χ1n) is 2.55. The van der Waals surface area contributed by atoms with Crippen LogP contribution < -0.4 is 0 Å². The first-order chi connectivity index (χ1) is 2.93. The summed E-state index contributed by atoms with van der Waals surface area (Å²) in [5, 5.41) is 0. The molecule has 6 heavy (non-hydrogen) atoms. The third-order valence-corrected chi connectivity index (χ3v) is 1.25. The largest absolute Gasteiger partial charge is 0.378 e. The zero-order valence-corrected chi connectivity index (χ0v) is 4.11. The van der Waals surface area contributed by atoms with E-state index in [1.54, 1.807) is 0 Å².